The van der Waals surface area contributed by atoms with Gasteiger partial charge in [-0.15, -0.1) is 11.8 Å². The third-order valence-electron chi connectivity index (χ3n) is 7.99. The van der Waals surface area contributed by atoms with Gasteiger partial charge in [-0.25, -0.2) is 9.78 Å². The lowest BCUT2D eigenvalue weighted by Crippen LogP contribution is -2.54. The average molecular weight is 522 g/mol. The average Bonchev–Trinajstić information content (AvgIpc) is 3.12. The lowest BCUT2D eigenvalue weighted by molar-refractivity contribution is -0.130. The Morgan fingerprint density at radius 2 is 1.86 bits per heavy atom. The smallest absolute Gasteiger partial charge is 0.324 e. The normalized spacial score (nSPS) is 26.2. The molecule has 3 amide bonds. The number of nitrogens with zero attached hydrogens (tertiary/aromatic N) is 3. The highest BCUT2D eigenvalue weighted by atomic mass is 32.2. The Morgan fingerprint density at radius 3 is 2.60 bits per heavy atom. The molecule has 35 heavy (non-hydrogen) atoms. The van der Waals surface area contributed by atoms with Crippen LogP contribution in [0.4, 0.5) is 9.93 Å². The van der Waals surface area contributed by atoms with E-state index in [1.54, 1.807) is 18.3 Å². The number of hydrogen-bond acceptors (Lipinski definition) is 6. The Kier molecular flexibility index (Phi) is 10.2. The van der Waals surface area contributed by atoms with Crippen molar-refractivity contribution < 1.29 is 9.59 Å². The van der Waals surface area contributed by atoms with Gasteiger partial charge in [-0.05, 0) is 70.3 Å². The molecular formula is C26H43N5O2S2. The largest absolute Gasteiger partial charge is 0.343 e. The molecule has 2 N–H and O–H groups in total. The number of thiazole rings is 1. The van der Waals surface area contributed by atoms with Crippen molar-refractivity contribution >= 4 is 40.2 Å². The van der Waals surface area contributed by atoms with E-state index in [1.807, 2.05) is 22.9 Å². The number of hydrogen-bond donors (Lipinski definition) is 2. The fourth-order valence-electron chi connectivity index (χ4n) is 5.80. The van der Waals surface area contributed by atoms with Gasteiger partial charge in [0, 0.05) is 43.9 Å². The zero-order chi connectivity index (χ0) is 24.6. The van der Waals surface area contributed by atoms with Gasteiger partial charge in [-0.1, -0.05) is 31.1 Å². The fourth-order valence-corrected chi connectivity index (χ4v) is 7.79. The van der Waals surface area contributed by atoms with Crippen LogP contribution in [0.3, 0.4) is 0 Å². The maximum atomic E-state index is 13.6. The van der Waals surface area contributed by atoms with Crippen molar-refractivity contribution in [1.29, 1.82) is 0 Å². The van der Waals surface area contributed by atoms with E-state index >= 15 is 0 Å². The number of likely N-dealkylation sites (tertiary alicyclic amines) is 1. The predicted octanol–water partition coefficient (Wildman–Crippen LogP) is 5.58. The summed E-state index contributed by atoms with van der Waals surface area (Å²) < 4.78 is 1.17. The molecule has 0 aromatic carbocycles. The molecule has 0 bridgehead atoms. The summed E-state index contributed by atoms with van der Waals surface area (Å²) >= 11 is 3.44. The van der Waals surface area contributed by atoms with Crippen LogP contribution in [0.5, 0.6) is 0 Å². The molecule has 3 fully saturated rings. The number of carbonyl (C=O) groups excluding carboxylic acids is 2. The van der Waals surface area contributed by atoms with Crippen LogP contribution in [0.25, 0.3) is 0 Å². The minimum Gasteiger partial charge on any atom is -0.343 e. The number of nitrogens with one attached hydrogen (secondary N) is 2. The summed E-state index contributed by atoms with van der Waals surface area (Å²) in [7, 11) is 0. The Hall–Kier alpha value is -1.32. The summed E-state index contributed by atoms with van der Waals surface area (Å²) in [5.41, 5.74) is 0. The van der Waals surface area contributed by atoms with Crippen LogP contribution in [-0.4, -0.2) is 70.2 Å². The van der Waals surface area contributed by atoms with Gasteiger partial charge in [0.05, 0.1) is 10.4 Å². The maximum Gasteiger partial charge on any atom is 0.324 e. The maximum absolute atomic E-state index is 13.6. The summed E-state index contributed by atoms with van der Waals surface area (Å²) in [4.78, 5) is 33.9. The van der Waals surface area contributed by atoms with E-state index in [1.165, 1.54) is 49.2 Å². The van der Waals surface area contributed by atoms with Gasteiger partial charge in [0.1, 0.15) is 0 Å². The van der Waals surface area contributed by atoms with Crippen molar-refractivity contribution in [3.8, 4) is 0 Å². The number of aromatic nitrogens is 1. The van der Waals surface area contributed by atoms with Crippen LogP contribution >= 0.6 is 23.1 Å². The number of carbonyl (C=O) groups is 2. The van der Waals surface area contributed by atoms with Crippen molar-refractivity contribution in [2.24, 2.45) is 5.92 Å². The number of thioether (sulfide) groups is 1. The summed E-state index contributed by atoms with van der Waals surface area (Å²) in [6, 6.07) is 1.09. The molecule has 1 aromatic heterocycles. The Balaban J connectivity index is 1.32. The molecule has 3 heterocycles. The Labute approximate surface area is 219 Å². The third-order valence-corrected chi connectivity index (χ3v) is 10.1. The van der Waals surface area contributed by atoms with E-state index in [2.05, 4.69) is 27.4 Å². The SMILES string of the molecule is CC(=O)N1CCC(N(C(=O)Nc2ncc(SCCC3CCCCCN3)s2)C2CCC(C)CC2)CC1. The molecule has 7 nitrogen and oxygen atoms in total. The molecule has 1 unspecified atom stereocenters. The number of amides is 3. The first kappa shape index (κ1) is 26.7. The molecular weight excluding hydrogens is 478 g/mol. The first-order chi connectivity index (χ1) is 17.0. The van der Waals surface area contributed by atoms with E-state index in [0.717, 1.165) is 57.0 Å². The standard InChI is InChI=1S/C26H43N5O2S2/c1-19-7-9-22(10-8-19)31(23-11-15-30(16-12-23)20(2)32)26(33)29-25-28-18-24(35-25)34-17-13-21-6-4-3-5-14-27-21/h18-19,21-23,27H,3-17H2,1-2H3,(H,28,29,33). The first-order valence-electron chi connectivity index (χ1n) is 13.7. The van der Waals surface area contributed by atoms with E-state index in [0.29, 0.717) is 11.2 Å². The number of piperidine rings is 1. The molecule has 196 valence electrons. The molecule has 1 aromatic rings. The van der Waals surface area contributed by atoms with Crippen LogP contribution in [0.15, 0.2) is 10.4 Å². The molecule has 0 spiro atoms. The van der Waals surface area contributed by atoms with E-state index in [-0.39, 0.29) is 24.0 Å². The lowest BCUT2D eigenvalue weighted by Gasteiger charge is -2.44. The van der Waals surface area contributed by atoms with Crippen LogP contribution in [0.1, 0.15) is 84.5 Å². The van der Waals surface area contributed by atoms with Crippen molar-refractivity contribution in [2.75, 3.05) is 30.7 Å². The summed E-state index contributed by atoms with van der Waals surface area (Å²) in [5, 5.41) is 7.51. The van der Waals surface area contributed by atoms with Gasteiger partial charge < -0.3 is 15.1 Å². The van der Waals surface area contributed by atoms with Crippen LogP contribution < -0.4 is 10.6 Å². The molecule has 9 heteroatoms. The van der Waals surface area contributed by atoms with Gasteiger partial charge in [0.15, 0.2) is 5.13 Å². The number of rotatable bonds is 7. The molecule has 3 aliphatic rings. The molecule has 2 saturated heterocycles. The minimum atomic E-state index is -0.0145. The second-order valence-corrected chi connectivity index (χ2v) is 13.0. The van der Waals surface area contributed by atoms with E-state index in [4.69, 9.17) is 0 Å². The molecule has 1 aliphatic carbocycles. The highest BCUT2D eigenvalue weighted by Crippen LogP contribution is 2.33. The summed E-state index contributed by atoms with van der Waals surface area (Å²) in [6.07, 6.45) is 14.5. The zero-order valence-electron chi connectivity index (χ0n) is 21.5. The zero-order valence-corrected chi connectivity index (χ0v) is 23.1. The third kappa shape index (κ3) is 7.83. The first-order valence-corrected chi connectivity index (χ1v) is 15.5. The molecule has 0 radical (unpaired) electrons. The highest BCUT2D eigenvalue weighted by Gasteiger charge is 2.35. The molecule has 4 rings (SSSR count). The van der Waals surface area contributed by atoms with Crippen molar-refractivity contribution in [1.82, 2.24) is 20.1 Å². The van der Waals surface area contributed by atoms with Crippen molar-refractivity contribution in [2.45, 2.75) is 107 Å². The van der Waals surface area contributed by atoms with E-state index in [9.17, 15) is 9.59 Å². The second kappa shape index (κ2) is 13.3. The molecule has 2 aliphatic heterocycles. The van der Waals surface area contributed by atoms with Gasteiger partial charge in [0.2, 0.25) is 5.91 Å². The van der Waals surface area contributed by atoms with Crippen LogP contribution in [-0.2, 0) is 4.79 Å². The lowest BCUT2D eigenvalue weighted by atomic mass is 9.85. The van der Waals surface area contributed by atoms with Gasteiger partial charge in [0.25, 0.3) is 0 Å². The van der Waals surface area contributed by atoms with E-state index < -0.39 is 0 Å². The number of urea groups is 1. The predicted molar refractivity (Wildman–Crippen MR) is 145 cm³/mol. The monoisotopic (exact) mass is 521 g/mol. The quantitative estimate of drug-likeness (QED) is 0.458. The molecule has 1 atom stereocenters. The topological polar surface area (TPSA) is 77.6 Å². The van der Waals surface area contributed by atoms with Crippen LogP contribution in [0, 0.1) is 5.92 Å². The van der Waals surface area contributed by atoms with Gasteiger partial charge >= 0.3 is 6.03 Å². The minimum absolute atomic E-state index is 0.0145. The Morgan fingerprint density at radius 1 is 1.11 bits per heavy atom. The second-order valence-electron chi connectivity index (χ2n) is 10.6. The van der Waals surface area contributed by atoms with Gasteiger partial charge in [-0.3, -0.25) is 10.1 Å². The summed E-state index contributed by atoms with van der Waals surface area (Å²) in [6.45, 7) is 6.57. The van der Waals surface area contributed by atoms with Crippen molar-refractivity contribution in [3.63, 3.8) is 0 Å². The number of anilines is 1. The fraction of sp³-hybridized carbons (Fsp3) is 0.808. The van der Waals surface area contributed by atoms with Crippen LogP contribution in [0.2, 0.25) is 0 Å². The van der Waals surface area contributed by atoms with Gasteiger partial charge in [-0.2, -0.15) is 0 Å². The Bertz CT molecular complexity index is 810. The highest BCUT2D eigenvalue weighted by molar-refractivity contribution is 8.01. The summed E-state index contributed by atoms with van der Waals surface area (Å²) in [5.74, 6) is 1.95. The van der Waals surface area contributed by atoms with Crippen molar-refractivity contribution in [3.05, 3.63) is 6.20 Å². The molecule has 1 saturated carbocycles.